The van der Waals surface area contributed by atoms with Gasteiger partial charge in [-0.3, -0.25) is 4.79 Å². The lowest BCUT2D eigenvalue weighted by atomic mass is 10.1. The van der Waals surface area contributed by atoms with Crippen molar-refractivity contribution in [2.45, 2.75) is 6.54 Å². The molecule has 0 aliphatic heterocycles. The van der Waals surface area contributed by atoms with E-state index >= 15 is 0 Å². The number of carboxylic acids is 1. The summed E-state index contributed by atoms with van der Waals surface area (Å²) in [6, 6.07) is 9.50. The topological polar surface area (TPSA) is 66.4 Å². The third kappa shape index (κ3) is 3.56. The molecule has 0 atom stereocenters. The van der Waals surface area contributed by atoms with E-state index < -0.39 is 5.97 Å². The van der Waals surface area contributed by atoms with E-state index in [4.69, 9.17) is 16.7 Å². The van der Waals surface area contributed by atoms with Crippen molar-refractivity contribution < 1.29 is 14.7 Å². The smallest absolute Gasteiger partial charge is 0.335 e. The second kappa shape index (κ2) is 5.86. The van der Waals surface area contributed by atoms with Crippen LogP contribution in [0, 0.1) is 0 Å². The van der Waals surface area contributed by atoms with Gasteiger partial charge >= 0.3 is 5.97 Å². The summed E-state index contributed by atoms with van der Waals surface area (Å²) in [5.41, 5.74) is 0.411. The van der Waals surface area contributed by atoms with Crippen molar-refractivity contribution in [2.75, 3.05) is 0 Å². The van der Waals surface area contributed by atoms with Crippen molar-refractivity contribution in [1.29, 1.82) is 0 Å². The first-order valence-electron chi connectivity index (χ1n) is 5.42. The Bertz CT molecular complexity index is 624. The maximum atomic E-state index is 11.9. The minimum Gasteiger partial charge on any atom is -0.478 e. The number of aromatic carboxylic acids is 1. The van der Waals surface area contributed by atoms with Gasteiger partial charge in [0.1, 0.15) is 0 Å². The number of halogens is 1. The number of hydrogen-bond donors (Lipinski definition) is 2. The number of amides is 1. The first kappa shape index (κ1) is 13.6. The van der Waals surface area contributed by atoms with Crippen LogP contribution < -0.4 is 5.32 Å². The Kier molecular flexibility index (Phi) is 4.19. The molecule has 2 aromatic rings. The zero-order chi connectivity index (χ0) is 13.8. The molecule has 0 saturated heterocycles. The number of thiophene rings is 1. The number of nitrogens with one attached hydrogen (secondary N) is 1. The molecule has 0 fully saturated rings. The lowest BCUT2D eigenvalue weighted by Gasteiger charge is -2.04. The van der Waals surface area contributed by atoms with Gasteiger partial charge in [-0.1, -0.05) is 17.7 Å². The quantitative estimate of drug-likeness (QED) is 0.911. The minimum absolute atomic E-state index is 0.0896. The summed E-state index contributed by atoms with van der Waals surface area (Å²) in [4.78, 5) is 23.6. The number of carbonyl (C=O) groups is 2. The first-order chi connectivity index (χ1) is 9.06. The zero-order valence-electron chi connectivity index (χ0n) is 9.72. The molecular weight excluding hydrogens is 286 g/mol. The highest BCUT2D eigenvalue weighted by Gasteiger charge is 2.09. The summed E-state index contributed by atoms with van der Waals surface area (Å²) >= 11 is 7.18. The van der Waals surface area contributed by atoms with Crippen molar-refractivity contribution in [3.05, 3.63) is 56.7 Å². The minimum atomic E-state index is -1.06. The fourth-order valence-electron chi connectivity index (χ4n) is 1.51. The number of hydrogen-bond acceptors (Lipinski definition) is 3. The molecule has 0 spiro atoms. The monoisotopic (exact) mass is 295 g/mol. The van der Waals surface area contributed by atoms with E-state index in [1.54, 1.807) is 18.2 Å². The average Bonchev–Trinajstić information content (AvgIpc) is 2.82. The standard InChI is InChI=1S/C13H10ClNO3S/c14-11-5-4-10(19-11)7-15-12(16)8-2-1-3-9(6-8)13(17)18/h1-6H,7H2,(H,15,16)(H,17,18). The number of benzene rings is 1. The molecule has 1 aromatic heterocycles. The van der Waals surface area contributed by atoms with Crippen molar-refractivity contribution in [3.63, 3.8) is 0 Å². The third-order valence-electron chi connectivity index (χ3n) is 2.42. The molecule has 0 radical (unpaired) electrons. The van der Waals surface area contributed by atoms with Crippen LogP contribution >= 0.6 is 22.9 Å². The fourth-order valence-corrected chi connectivity index (χ4v) is 2.54. The molecular formula is C13H10ClNO3S. The van der Waals surface area contributed by atoms with Gasteiger partial charge in [0, 0.05) is 10.4 Å². The number of rotatable bonds is 4. The Morgan fingerprint density at radius 2 is 1.95 bits per heavy atom. The Hall–Kier alpha value is -1.85. The first-order valence-corrected chi connectivity index (χ1v) is 6.61. The molecule has 1 aromatic carbocycles. The van der Waals surface area contributed by atoms with E-state index in [0.717, 1.165) is 4.88 Å². The van der Waals surface area contributed by atoms with Crippen molar-refractivity contribution in [3.8, 4) is 0 Å². The van der Waals surface area contributed by atoms with E-state index in [-0.39, 0.29) is 11.5 Å². The summed E-state index contributed by atoms with van der Waals surface area (Å²) in [7, 11) is 0. The van der Waals surface area contributed by atoms with Gasteiger partial charge in [-0.25, -0.2) is 4.79 Å². The SMILES string of the molecule is O=C(O)c1cccc(C(=O)NCc2ccc(Cl)s2)c1. The maximum absolute atomic E-state index is 11.9. The van der Waals surface area contributed by atoms with E-state index in [1.807, 2.05) is 6.07 Å². The summed E-state index contributed by atoms with van der Waals surface area (Å²) < 4.78 is 0.664. The van der Waals surface area contributed by atoms with Crippen molar-refractivity contribution in [1.82, 2.24) is 5.32 Å². The van der Waals surface area contributed by atoms with E-state index in [0.29, 0.717) is 16.4 Å². The predicted molar refractivity (Wildman–Crippen MR) is 73.9 cm³/mol. The van der Waals surface area contributed by atoms with Gasteiger partial charge in [-0.2, -0.15) is 0 Å². The van der Waals surface area contributed by atoms with E-state index in [2.05, 4.69) is 5.32 Å². The molecule has 0 saturated carbocycles. The Morgan fingerprint density at radius 3 is 2.58 bits per heavy atom. The van der Waals surface area contributed by atoms with Crippen LogP contribution in [0.2, 0.25) is 4.34 Å². The van der Waals surface area contributed by atoms with Crippen LogP contribution in [-0.4, -0.2) is 17.0 Å². The van der Waals surface area contributed by atoms with Gasteiger partial charge in [-0.05, 0) is 30.3 Å². The highest BCUT2D eigenvalue weighted by molar-refractivity contribution is 7.16. The summed E-state index contributed by atoms with van der Waals surface area (Å²) in [6.07, 6.45) is 0. The van der Waals surface area contributed by atoms with Gasteiger partial charge in [0.25, 0.3) is 5.91 Å². The van der Waals surface area contributed by atoms with Gasteiger partial charge in [0.2, 0.25) is 0 Å². The molecule has 2 N–H and O–H groups in total. The van der Waals surface area contributed by atoms with Crippen LogP contribution in [-0.2, 0) is 6.54 Å². The Labute approximate surface area is 118 Å². The Morgan fingerprint density at radius 1 is 1.21 bits per heavy atom. The Balaban J connectivity index is 2.03. The molecule has 4 nitrogen and oxygen atoms in total. The fraction of sp³-hybridized carbons (Fsp3) is 0.0769. The van der Waals surface area contributed by atoms with E-state index in [1.165, 1.54) is 23.5 Å². The van der Waals surface area contributed by atoms with Gasteiger partial charge in [0.15, 0.2) is 0 Å². The van der Waals surface area contributed by atoms with Crippen LogP contribution in [0.3, 0.4) is 0 Å². The molecule has 0 unspecified atom stereocenters. The summed E-state index contributed by atoms with van der Waals surface area (Å²) in [5.74, 6) is -1.37. The molecule has 1 heterocycles. The maximum Gasteiger partial charge on any atom is 0.335 e. The molecule has 98 valence electrons. The molecule has 0 bridgehead atoms. The highest BCUT2D eigenvalue weighted by atomic mass is 35.5. The van der Waals surface area contributed by atoms with Gasteiger partial charge in [-0.15, -0.1) is 11.3 Å². The second-order valence-corrected chi connectivity index (χ2v) is 5.57. The molecule has 19 heavy (non-hydrogen) atoms. The normalized spacial score (nSPS) is 10.2. The molecule has 0 aliphatic rings. The molecule has 1 amide bonds. The zero-order valence-corrected chi connectivity index (χ0v) is 11.3. The van der Waals surface area contributed by atoms with Gasteiger partial charge in [0.05, 0.1) is 16.4 Å². The van der Waals surface area contributed by atoms with Crippen LogP contribution in [0.4, 0.5) is 0 Å². The second-order valence-electron chi connectivity index (χ2n) is 3.77. The number of carboxylic acid groups (broad SMARTS) is 1. The molecule has 6 heteroatoms. The van der Waals surface area contributed by atoms with Crippen LogP contribution in [0.25, 0.3) is 0 Å². The summed E-state index contributed by atoms with van der Waals surface area (Å²) in [6.45, 7) is 0.369. The van der Waals surface area contributed by atoms with Gasteiger partial charge < -0.3 is 10.4 Å². The average molecular weight is 296 g/mol. The third-order valence-corrected chi connectivity index (χ3v) is 3.65. The van der Waals surface area contributed by atoms with Crippen LogP contribution in [0.1, 0.15) is 25.6 Å². The highest BCUT2D eigenvalue weighted by Crippen LogP contribution is 2.21. The van der Waals surface area contributed by atoms with E-state index in [9.17, 15) is 9.59 Å². The lowest BCUT2D eigenvalue weighted by molar-refractivity contribution is 0.0697. The molecule has 2 rings (SSSR count). The van der Waals surface area contributed by atoms with Crippen LogP contribution in [0.5, 0.6) is 0 Å². The van der Waals surface area contributed by atoms with Crippen molar-refractivity contribution in [2.24, 2.45) is 0 Å². The largest absolute Gasteiger partial charge is 0.478 e. The summed E-state index contributed by atoms with van der Waals surface area (Å²) in [5, 5.41) is 11.6. The number of carbonyl (C=O) groups excluding carboxylic acids is 1. The van der Waals surface area contributed by atoms with Crippen LogP contribution in [0.15, 0.2) is 36.4 Å². The molecule has 0 aliphatic carbocycles. The lowest BCUT2D eigenvalue weighted by Crippen LogP contribution is -2.22. The predicted octanol–water partition coefficient (Wildman–Crippen LogP) is 3.03. The van der Waals surface area contributed by atoms with Crippen molar-refractivity contribution >= 4 is 34.8 Å².